The van der Waals surface area contributed by atoms with Crippen molar-refractivity contribution in [2.45, 2.75) is 70.1 Å². The highest BCUT2D eigenvalue weighted by Gasteiger charge is 2.51. The zero-order valence-corrected chi connectivity index (χ0v) is 15.6. The number of likely N-dealkylation sites (N-methyl/N-ethyl adjacent to an activating group) is 1. The van der Waals surface area contributed by atoms with Crippen LogP contribution in [-0.4, -0.2) is 58.9 Å². The minimum Gasteiger partial charge on any atom is -0.631 e. The van der Waals surface area contributed by atoms with Crippen LogP contribution in [0.15, 0.2) is 30.3 Å². The van der Waals surface area contributed by atoms with E-state index < -0.39 is 0 Å². The largest absolute Gasteiger partial charge is 0.631 e. The summed E-state index contributed by atoms with van der Waals surface area (Å²) in [6, 6.07) is 11.9. The molecule has 3 unspecified atom stereocenters. The Bertz CT molecular complexity index is 558. The molecule has 3 atom stereocenters. The molecule has 25 heavy (non-hydrogen) atoms. The van der Waals surface area contributed by atoms with Crippen molar-refractivity contribution in [1.29, 1.82) is 0 Å². The number of hydroxylamine groups is 3. The van der Waals surface area contributed by atoms with E-state index in [1.54, 1.807) is 0 Å². The molecule has 4 heteroatoms. The van der Waals surface area contributed by atoms with Crippen LogP contribution < -0.4 is 0 Å². The lowest BCUT2D eigenvalue weighted by Gasteiger charge is -2.53. The first kappa shape index (κ1) is 17.5. The maximum atomic E-state index is 13.9. The Morgan fingerprint density at radius 2 is 1.76 bits per heavy atom. The van der Waals surface area contributed by atoms with Crippen LogP contribution in [0.4, 0.5) is 0 Å². The highest BCUT2D eigenvalue weighted by Crippen LogP contribution is 2.41. The van der Waals surface area contributed by atoms with Crippen LogP contribution in [0.3, 0.4) is 0 Å². The summed E-state index contributed by atoms with van der Waals surface area (Å²) >= 11 is 0. The summed E-state index contributed by atoms with van der Waals surface area (Å²) in [7, 11) is 0. The summed E-state index contributed by atoms with van der Waals surface area (Å²) in [4.78, 5) is 5.02. The van der Waals surface area contributed by atoms with Gasteiger partial charge in [0.05, 0.1) is 12.1 Å². The summed E-state index contributed by atoms with van der Waals surface area (Å²) < 4.78 is 0.0949. The molecule has 1 aliphatic carbocycles. The molecule has 3 fully saturated rings. The van der Waals surface area contributed by atoms with Crippen molar-refractivity contribution in [2.75, 3.05) is 26.3 Å². The molecule has 0 bridgehead atoms. The summed E-state index contributed by atoms with van der Waals surface area (Å²) in [6.07, 6.45) is 7.09. The number of piperidine rings is 1. The van der Waals surface area contributed by atoms with Crippen molar-refractivity contribution in [1.82, 2.24) is 9.80 Å². The molecule has 0 spiro atoms. The lowest BCUT2D eigenvalue weighted by Crippen LogP contribution is -2.59. The molecule has 2 aliphatic heterocycles. The maximum Gasteiger partial charge on any atom is 0.135 e. The van der Waals surface area contributed by atoms with Crippen LogP contribution in [0.25, 0.3) is 0 Å². The van der Waals surface area contributed by atoms with E-state index in [4.69, 9.17) is 0 Å². The highest BCUT2D eigenvalue weighted by molar-refractivity contribution is 5.14. The fourth-order valence-electron chi connectivity index (χ4n) is 5.60. The molecule has 0 N–H and O–H groups in total. The van der Waals surface area contributed by atoms with Crippen molar-refractivity contribution in [3.63, 3.8) is 0 Å². The normalized spacial score (nSPS) is 35.0. The minimum absolute atomic E-state index is 0.0949. The molecular weight excluding hydrogens is 310 g/mol. The molecule has 2 heterocycles. The smallest absolute Gasteiger partial charge is 0.135 e. The first-order valence-electron chi connectivity index (χ1n) is 10.3. The van der Waals surface area contributed by atoms with Gasteiger partial charge >= 0.3 is 0 Å². The van der Waals surface area contributed by atoms with Crippen molar-refractivity contribution in [2.24, 2.45) is 0 Å². The van der Waals surface area contributed by atoms with Gasteiger partial charge in [0.2, 0.25) is 0 Å². The second kappa shape index (κ2) is 7.36. The molecule has 0 radical (unpaired) electrons. The summed E-state index contributed by atoms with van der Waals surface area (Å²) in [6.45, 7) is 7.19. The molecule has 1 aromatic carbocycles. The molecule has 0 amide bonds. The molecule has 1 aromatic rings. The topological polar surface area (TPSA) is 29.5 Å². The number of likely N-dealkylation sites (tertiary alicyclic amines) is 1. The molecule has 138 valence electrons. The summed E-state index contributed by atoms with van der Waals surface area (Å²) in [5.41, 5.74) is 1.39. The Kier molecular flexibility index (Phi) is 5.14. The van der Waals surface area contributed by atoms with Gasteiger partial charge in [0.1, 0.15) is 12.7 Å². The van der Waals surface area contributed by atoms with Crippen LogP contribution >= 0.6 is 0 Å². The number of fused-ring (bicyclic) bond motifs is 1. The number of rotatable bonds is 4. The van der Waals surface area contributed by atoms with Crippen molar-refractivity contribution >= 4 is 0 Å². The quantitative estimate of drug-likeness (QED) is 0.618. The van der Waals surface area contributed by atoms with Gasteiger partial charge in [-0.3, -0.25) is 4.90 Å². The lowest BCUT2D eigenvalue weighted by atomic mass is 9.88. The second-order valence-corrected chi connectivity index (χ2v) is 8.31. The zero-order valence-electron chi connectivity index (χ0n) is 15.6. The van der Waals surface area contributed by atoms with Gasteiger partial charge in [0.25, 0.3) is 0 Å². The SMILES string of the molecule is CCN1C[N+]([O-])(C2CCN(Cc3ccccc3)CC2)C2CCCCC21. The van der Waals surface area contributed by atoms with E-state index in [0.29, 0.717) is 18.1 Å². The predicted octanol–water partition coefficient (Wildman–Crippen LogP) is 3.57. The third kappa shape index (κ3) is 3.37. The van der Waals surface area contributed by atoms with Gasteiger partial charge < -0.3 is 9.85 Å². The van der Waals surface area contributed by atoms with Gasteiger partial charge in [0.15, 0.2) is 0 Å². The van der Waals surface area contributed by atoms with Gasteiger partial charge in [-0.25, -0.2) is 4.90 Å². The van der Waals surface area contributed by atoms with Gasteiger partial charge in [-0.05, 0) is 18.4 Å². The van der Waals surface area contributed by atoms with Crippen LogP contribution in [0, 0.1) is 5.21 Å². The standard InChI is InChI=1S/C21H33N3O/c1-2-23-17-24(25,21-11-7-6-10-20(21)23)19-12-14-22(15-13-19)16-18-8-4-3-5-9-18/h3-5,8-9,19-21H,2,6-7,10-17H2,1H3. The third-order valence-electron chi connectivity index (χ3n) is 6.96. The molecule has 3 aliphatic rings. The van der Waals surface area contributed by atoms with Gasteiger partial charge in [-0.15, -0.1) is 0 Å². The number of hydrogen-bond donors (Lipinski definition) is 0. The Morgan fingerprint density at radius 3 is 2.48 bits per heavy atom. The predicted molar refractivity (Wildman–Crippen MR) is 102 cm³/mol. The Balaban J connectivity index is 1.39. The highest BCUT2D eigenvalue weighted by atomic mass is 16.6. The van der Waals surface area contributed by atoms with E-state index in [2.05, 4.69) is 47.1 Å². The maximum absolute atomic E-state index is 13.9. The van der Waals surface area contributed by atoms with E-state index in [1.807, 2.05) is 0 Å². The van der Waals surface area contributed by atoms with Crippen molar-refractivity contribution in [3.05, 3.63) is 41.1 Å². The number of quaternary nitrogens is 1. The number of benzene rings is 1. The molecule has 1 saturated carbocycles. The van der Waals surface area contributed by atoms with E-state index in [1.165, 1.54) is 24.8 Å². The average Bonchev–Trinajstić information content (AvgIpc) is 2.97. The fraction of sp³-hybridized carbons (Fsp3) is 0.714. The van der Waals surface area contributed by atoms with Gasteiger partial charge in [-0.1, -0.05) is 43.7 Å². The first-order valence-corrected chi connectivity index (χ1v) is 10.3. The summed E-state index contributed by atoms with van der Waals surface area (Å²) in [5.74, 6) is 0. The van der Waals surface area contributed by atoms with Crippen LogP contribution in [-0.2, 0) is 6.54 Å². The van der Waals surface area contributed by atoms with E-state index in [-0.39, 0.29) is 4.65 Å². The molecular formula is C21H33N3O. The number of nitrogens with zero attached hydrogens (tertiary/aromatic N) is 3. The first-order chi connectivity index (χ1) is 12.2. The van der Waals surface area contributed by atoms with E-state index in [9.17, 15) is 5.21 Å². The second-order valence-electron chi connectivity index (χ2n) is 8.31. The molecule has 4 nitrogen and oxygen atoms in total. The molecule has 0 aromatic heterocycles. The Hall–Kier alpha value is -0.940. The van der Waals surface area contributed by atoms with E-state index >= 15 is 0 Å². The monoisotopic (exact) mass is 343 g/mol. The minimum atomic E-state index is 0.0949. The average molecular weight is 344 g/mol. The zero-order chi connectivity index (χ0) is 17.3. The molecule has 2 saturated heterocycles. The van der Waals surface area contributed by atoms with Crippen molar-refractivity contribution in [3.8, 4) is 0 Å². The number of hydrogen-bond acceptors (Lipinski definition) is 3. The lowest BCUT2D eigenvalue weighted by molar-refractivity contribution is -0.923. The van der Waals surface area contributed by atoms with Crippen molar-refractivity contribution < 1.29 is 4.65 Å². The van der Waals surface area contributed by atoms with Gasteiger partial charge in [-0.2, -0.15) is 0 Å². The Labute approximate surface area is 152 Å². The Morgan fingerprint density at radius 1 is 1.04 bits per heavy atom. The van der Waals surface area contributed by atoms with E-state index in [0.717, 1.165) is 52.1 Å². The van der Waals surface area contributed by atoms with Gasteiger partial charge in [0, 0.05) is 45.4 Å². The molecule has 4 rings (SSSR count). The van der Waals surface area contributed by atoms with Crippen LogP contribution in [0.2, 0.25) is 0 Å². The van der Waals surface area contributed by atoms with Crippen LogP contribution in [0.1, 0.15) is 51.0 Å². The van der Waals surface area contributed by atoms with Crippen LogP contribution in [0.5, 0.6) is 0 Å². The summed E-state index contributed by atoms with van der Waals surface area (Å²) in [5, 5.41) is 13.9. The third-order valence-corrected chi connectivity index (χ3v) is 6.96. The fourth-order valence-corrected chi connectivity index (χ4v) is 5.60.